The fourth-order valence-electron chi connectivity index (χ4n) is 3.29. The molecule has 0 bridgehead atoms. The van der Waals surface area contributed by atoms with E-state index in [1.807, 2.05) is 25.7 Å². The molecule has 2 fully saturated rings. The number of ether oxygens (including phenoxy) is 1. The maximum absolute atomic E-state index is 12.2. The quantitative estimate of drug-likeness (QED) is 0.805. The van der Waals surface area contributed by atoms with E-state index in [1.54, 1.807) is 0 Å². The van der Waals surface area contributed by atoms with Crippen LogP contribution in [0.2, 0.25) is 0 Å². The number of piperazine rings is 1. The number of aliphatic hydroxyl groups excluding tert-OH is 1. The summed E-state index contributed by atoms with van der Waals surface area (Å²) in [6.45, 7) is 9.49. The number of rotatable bonds is 5. The van der Waals surface area contributed by atoms with Gasteiger partial charge in [0, 0.05) is 32.2 Å². The summed E-state index contributed by atoms with van der Waals surface area (Å²) in [4.78, 5) is 29.9. The minimum atomic E-state index is -0.545. The van der Waals surface area contributed by atoms with E-state index < -0.39 is 11.7 Å². The Balaban J connectivity index is 1.71. The zero-order chi connectivity index (χ0) is 17.7. The first kappa shape index (κ1) is 19.0. The van der Waals surface area contributed by atoms with Crippen molar-refractivity contribution in [2.45, 2.75) is 51.7 Å². The zero-order valence-corrected chi connectivity index (χ0v) is 15.2. The maximum Gasteiger partial charge on any atom is 0.410 e. The molecule has 0 unspecified atom stereocenters. The maximum atomic E-state index is 12.2. The largest absolute Gasteiger partial charge is 0.444 e. The minimum absolute atomic E-state index is 0.0211. The molecule has 1 atom stereocenters. The Kier molecular flexibility index (Phi) is 6.46. The van der Waals surface area contributed by atoms with Crippen LogP contribution in [0, 0.1) is 0 Å². The van der Waals surface area contributed by atoms with Crippen molar-refractivity contribution >= 4 is 12.0 Å². The molecule has 2 aliphatic rings. The van der Waals surface area contributed by atoms with Gasteiger partial charge < -0.3 is 14.7 Å². The molecule has 2 rings (SSSR count). The second kappa shape index (κ2) is 8.16. The lowest BCUT2D eigenvalue weighted by atomic mass is 10.2. The lowest BCUT2D eigenvalue weighted by molar-refractivity contribution is -0.135. The number of likely N-dealkylation sites (tertiary alicyclic amines) is 1. The lowest BCUT2D eigenvalue weighted by Crippen LogP contribution is -2.53. The summed E-state index contributed by atoms with van der Waals surface area (Å²) in [5.41, 5.74) is -0.545. The van der Waals surface area contributed by atoms with Crippen LogP contribution in [0.15, 0.2) is 0 Å². The number of aliphatic hydroxyl groups is 1. The Bertz CT molecular complexity index is 450. The topological polar surface area (TPSA) is 73.3 Å². The number of hydrogen-bond donors (Lipinski definition) is 1. The molecule has 7 heteroatoms. The highest BCUT2D eigenvalue weighted by Gasteiger charge is 2.30. The average molecular weight is 341 g/mol. The van der Waals surface area contributed by atoms with Crippen LogP contribution in [0.5, 0.6) is 0 Å². The molecule has 24 heavy (non-hydrogen) atoms. The third kappa shape index (κ3) is 5.34. The van der Waals surface area contributed by atoms with Gasteiger partial charge in [-0.05, 0) is 46.6 Å². The van der Waals surface area contributed by atoms with E-state index in [0.29, 0.717) is 19.6 Å². The molecule has 0 aromatic heterocycles. The van der Waals surface area contributed by atoms with Crippen molar-refractivity contribution in [3.8, 4) is 0 Å². The van der Waals surface area contributed by atoms with Crippen molar-refractivity contribution < 1.29 is 19.4 Å². The number of nitrogens with zero attached hydrogens (tertiary/aromatic N) is 3. The number of carbonyl (C=O) groups is 2. The minimum Gasteiger partial charge on any atom is -0.444 e. The van der Waals surface area contributed by atoms with E-state index in [0.717, 1.165) is 32.4 Å². The predicted octanol–water partition coefficient (Wildman–Crippen LogP) is 0.912. The molecule has 0 saturated carbocycles. The summed E-state index contributed by atoms with van der Waals surface area (Å²) in [6.07, 6.45) is 2.68. The van der Waals surface area contributed by atoms with Crippen LogP contribution in [-0.4, -0.2) is 89.3 Å². The summed E-state index contributed by atoms with van der Waals surface area (Å²) in [5, 5.41) is 9.33. The highest BCUT2D eigenvalue weighted by atomic mass is 16.6. The Morgan fingerprint density at radius 1 is 1.25 bits per heavy atom. The zero-order valence-electron chi connectivity index (χ0n) is 15.2. The molecule has 0 aromatic rings. The Morgan fingerprint density at radius 2 is 2.00 bits per heavy atom. The molecule has 2 saturated heterocycles. The van der Waals surface area contributed by atoms with Crippen LogP contribution < -0.4 is 0 Å². The van der Waals surface area contributed by atoms with Crippen LogP contribution in [0.4, 0.5) is 4.79 Å². The Hall–Kier alpha value is -1.34. The van der Waals surface area contributed by atoms with Crippen LogP contribution in [0.1, 0.15) is 40.0 Å². The fourth-order valence-corrected chi connectivity index (χ4v) is 3.29. The normalized spacial score (nSPS) is 23.0. The fraction of sp³-hybridized carbons (Fsp3) is 0.882. The van der Waals surface area contributed by atoms with Crippen molar-refractivity contribution in [3.63, 3.8) is 0 Å². The van der Waals surface area contributed by atoms with Gasteiger partial charge in [-0.15, -0.1) is 0 Å². The molecule has 0 aromatic carbocycles. The molecular formula is C17H31N3O4. The van der Waals surface area contributed by atoms with Crippen molar-refractivity contribution in [3.05, 3.63) is 0 Å². The first-order valence-corrected chi connectivity index (χ1v) is 8.91. The van der Waals surface area contributed by atoms with Gasteiger partial charge in [0.2, 0.25) is 5.91 Å². The summed E-state index contributed by atoms with van der Waals surface area (Å²) in [5.74, 6) is -0.0211. The standard InChI is InChI=1S/C17H31N3O4/c1-17(2,3)24-16(23)20-11-10-19(15(22)12-20)9-5-8-18-7-4-6-14(18)13-21/h14,21H,4-13H2,1-3H3/t14-/m0/s1. The molecule has 2 amide bonds. The monoisotopic (exact) mass is 341 g/mol. The van der Waals surface area contributed by atoms with Gasteiger partial charge in [-0.1, -0.05) is 0 Å². The summed E-state index contributed by atoms with van der Waals surface area (Å²) >= 11 is 0. The van der Waals surface area contributed by atoms with E-state index in [9.17, 15) is 14.7 Å². The van der Waals surface area contributed by atoms with Gasteiger partial charge in [-0.3, -0.25) is 14.6 Å². The summed E-state index contributed by atoms with van der Waals surface area (Å²) < 4.78 is 5.32. The van der Waals surface area contributed by atoms with Crippen LogP contribution in [0.3, 0.4) is 0 Å². The van der Waals surface area contributed by atoms with Crippen molar-refractivity contribution in [1.29, 1.82) is 0 Å². The van der Waals surface area contributed by atoms with E-state index in [4.69, 9.17) is 4.74 Å². The van der Waals surface area contributed by atoms with Crippen molar-refractivity contribution in [2.24, 2.45) is 0 Å². The smallest absolute Gasteiger partial charge is 0.410 e. The molecule has 0 radical (unpaired) electrons. The SMILES string of the molecule is CC(C)(C)OC(=O)N1CCN(CCCN2CCC[C@H]2CO)C(=O)C1. The molecule has 2 aliphatic heterocycles. The van der Waals surface area contributed by atoms with E-state index in [2.05, 4.69) is 4.90 Å². The van der Waals surface area contributed by atoms with Gasteiger partial charge in [0.15, 0.2) is 0 Å². The number of carbonyl (C=O) groups excluding carboxylic acids is 2. The third-order valence-corrected chi connectivity index (χ3v) is 4.55. The first-order chi connectivity index (χ1) is 11.3. The van der Waals surface area contributed by atoms with Crippen LogP contribution in [0.25, 0.3) is 0 Å². The average Bonchev–Trinajstić information content (AvgIpc) is 2.94. The van der Waals surface area contributed by atoms with Gasteiger partial charge in [-0.25, -0.2) is 4.79 Å². The highest BCUT2D eigenvalue weighted by Crippen LogP contribution is 2.17. The highest BCUT2D eigenvalue weighted by molar-refractivity contribution is 5.83. The molecule has 7 nitrogen and oxygen atoms in total. The predicted molar refractivity (Wildman–Crippen MR) is 90.7 cm³/mol. The molecule has 138 valence electrons. The molecule has 0 spiro atoms. The summed E-state index contributed by atoms with van der Waals surface area (Å²) in [6, 6.07) is 0.282. The van der Waals surface area contributed by atoms with Gasteiger partial charge in [0.05, 0.1) is 6.61 Å². The number of hydrogen-bond acceptors (Lipinski definition) is 5. The van der Waals surface area contributed by atoms with Crippen molar-refractivity contribution in [2.75, 3.05) is 45.9 Å². The van der Waals surface area contributed by atoms with Gasteiger partial charge in [0.1, 0.15) is 12.1 Å². The van der Waals surface area contributed by atoms with Crippen LogP contribution in [-0.2, 0) is 9.53 Å². The Labute approximate surface area is 144 Å². The van der Waals surface area contributed by atoms with Crippen molar-refractivity contribution in [1.82, 2.24) is 14.7 Å². The van der Waals surface area contributed by atoms with Gasteiger partial charge >= 0.3 is 6.09 Å². The lowest BCUT2D eigenvalue weighted by Gasteiger charge is -2.35. The molecule has 2 heterocycles. The third-order valence-electron chi connectivity index (χ3n) is 4.55. The summed E-state index contributed by atoms with van der Waals surface area (Å²) in [7, 11) is 0. The van der Waals surface area contributed by atoms with Gasteiger partial charge in [-0.2, -0.15) is 0 Å². The Morgan fingerprint density at radius 3 is 2.62 bits per heavy atom. The van der Waals surface area contributed by atoms with Gasteiger partial charge in [0.25, 0.3) is 0 Å². The second-order valence-corrected chi connectivity index (χ2v) is 7.65. The molecule has 1 N–H and O–H groups in total. The number of amides is 2. The molecular weight excluding hydrogens is 310 g/mol. The van der Waals surface area contributed by atoms with Crippen LogP contribution >= 0.6 is 0 Å². The van der Waals surface area contributed by atoms with E-state index >= 15 is 0 Å². The van der Waals surface area contributed by atoms with E-state index in [1.165, 1.54) is 4.90 Å². The molecule has 0 aliphatic carbocycles. The van der Waals surface area contributed by atoms with E-state index in [-0.39, 0.29) is 25.1 Å². The second-order valence-electron chi connectivity index (χ2n) is 7.65. The first-order valence-electron chi connectivity index (χ1n) is 8.91.